The fourth-order valence-electron chi connectivity index (χ4n) is 1.88. The van der Waals surface area contributed by atoms with E-state index in [2.05, 4.69) is 17.2 Å². The lowest BCUT2D eigenvalue weighted by Gasteiger charge is -2.09. The van der Waals surface area contributed by atoms with E-state index >= 15 is 0 Å². The average molecular weight is 310 g/mol. The van der Waals surface area contributed by atoms with Crippen molar-refractivity contribution in [3.63, 3.8) is 0 Å². The molecular weight excluding hydrogens is 292 g/mol. The van der Waals surface area contributed by atoms with E-state index < -0.39 is 0 Å². The summed E-state index contributed by atoms with van der Waals surface area (Å²) in [5.41, 5.74) is 1.12. The van der Waals surface area contributed by atoms with Gasteiger partial charge in [0, 0.05) is 17.3 Å². The first kappa shape index (κ1) is 16.3. The van der Waals surface area contributed by atoms with Crippen LogP contribution >= 0.6 is 0 Å². The van der Waals surface area contributed by atoms with Gasteiger partial charge in [0.2, 0.25) is 5.91 Å². The largest absolute Gasteiger partial charge is 0.489 e. The molecule has 0 fully saturated rings. The molecule has 23 heavy (non-hydrogen) atoms. The second-order valence-corrected chi connectivity index (χ2v) is 4.72. The lowest BCUT2D eigenvalue weighted by Crippen LogP contribution is -2.32. The minimum Gasteiger partial charge on any atom is -0.489 e. The Morgan fingerprint density at radius 1 is 1.09 bits per heavy atom. The molecule has 2 amide bonds. The molecule has 2 aromatic rings. The van der Waals surface area contributed by atoms with Crippen LogP contribution in [0.15, 0.2) is 67.3 Å². The van der Waals surface area contributed by atoms with E-state index in [-0.39, 0.29) is 18.4 Å². The molecule has 0 aliphatic rings. The zero-order valence-electron chi connectivity index (χ0n) is 12.6. The number of hydrogen-bond acceptors (Lipinski definition) is 3. The molecule has 0 atom stereocenters. The van der Waals surface area contributed by atoms with E-state index in [4.69, 9.17) is 4.74 Å². The van der Waals surface area contributed by atoms with Crippen molar-refractivity contribution >= 4 is 17.5 Å². The van der Waals surface area contributed by atoms with Crippen LogP contribution in [0.5, 0.6) is 5.75 Å². The monoisotopic (exact) mass is 310 g/mol. The van der Waals surface area contributed by atoms with Crippen LogP contribution in [0.1, 0.15) is 10.4 Å². The fraction of sp³-hybridized carbons (Fsp3) is 0.111. The number of rotatable bonds is 7. The maximum absolute atomic E-state index is 11.9. The highest BCUT2D eigenvalue weighted by atomic mass is 16.5. The molecular formula is C18H18N2O3. The highest BCUT2D eigenvalue weighted by Crippen LogP contribution is 2.17. The molecule has 2 aromatic carbocycles. The number of carbonyl (C=O) groups is 2. The molecule has 0 saturated carbocycles. The predicted octanol–water partition coefficient (Wildman–Crippen LogP) is 2.62. The Hall–Kier alpha value is -3.08. The first-order valence-corrected chi connectivity index (χ1v) is 7.16. The van der Waals surface area contributed by atoms with Gasteiger partial charge in [0.1, 0.15) is 12.4 Å². The van der Waals surface area contributed by atoms with Gasteiger partial charge in [-0.05, 0) is 24.3 Å². The molecule has 2 rings (SSSR count). The van der Waals surface area contributed by atoms with Crippen LogP contribution in [-0.2, 0) is 4.79 Å². The van der Waals surface area contributed by atoms with Crippen molar-refractivity contribution in [2.75, 3.05) is 18.5 Å². The number of nitrogens with one attached hydrogen (secondary N) is 2. The van der Waals surface area contributed by atoms with Gasteiger partial charge in [0.25, 0.3) is 5.91 Å². The van der Waals surface area contributed by atoms with Crippen molar-refractivity contribution in [3.8, 4) is 5.75 Å². The van der Waals surface area contributed by atoms with Crippen LogP contribution in [0.2, 0.25) is 0 Å². The molecule has 118 valence electrons. The van der Waals surface area contributed by atoms with Gasteiger partial charge in [-0.15, -0.1) is 0 Å². The second kappa shape index (κ2) is 8.38. The van der Waals surface area contributed by atoms with Gasteiger partial charge in [0.05, 0.1) is 6.54 Å². The number of benzene rings is 2. The molecule has 0 aliphatic carbocycles. The molecule has 0 saturated heterocycles. The SMILES string of the molecule is C=CCOc1cccc(NC(=O)CNC(=O)c2ccccc2)c1. The van der Waals surface area contributed by atoms with Gasteiger partial charge < -0.3 is 15.4 Å². The third kappa shape index (κ3) is 5.32. The Bertz CT molecular complexity index is 684. The van der Waals surface area contributed by atoms with E-state index in [1.165, 1.54) is 0 Å². The first-order valence-electron chi connectivity index (χ1n) is 7.16. The van der Waals surface area contributed by atoms with E-state index in [1.807, 2.05) is 6.07 Å². The minimum absolute atomic E-state index is 0.106. The van der Waals surface area contributed by atoms with Crippen molar-refractivity contribution in [2.24, 2.45) is 0 Å². The molecule has 0 heterocycles. The molecule has 0 aromatic heterocycles. The van der Waals surface area contributed by atoms with E-state index in [0.29, 0.717) is 23.6 Å². The summed E-state index contributed by atoms with van der Waals surface area (Å²) in [6.07, 6.45) is 1.64. The van der Waals surface area contributed by atoms with Crippen LogP contribution in [0, 0.1) is 0 Å². The van der Waals surface area contributed by atoms with E-state index in [0.717, 1.165) is 0 Å². The molecule has 0 unspecified atom stereocenters. The third-order valence-corrected chi connectivity index (χ3v) is 2.93. The summed E-state index contributed by atoms with van der Waals surface area (Å²) in [7, 11) is 0. The van der Waals surface area contributed by atoms with Crippen molar-refractivity contribution in [3.05, 3.63) is 72.8 Å². The number of carbonyl (C=O) groups excluding carboxylic acids is 2. The molecule has 2 N–H and O–H groups in total. The number of amides is 2. The first-order chi connectivity index (χ1) is 11.2. The topological polar surface area (TPSA) is 67.4 Å². The van der Waals surface area contributed by atoms with Gasteiger partial charge >= 0.3 is 0 Å². The number of hydrogen-bond donors (Lipinski definition) is 2. The van der Waals surface area contributed by atoms with Gasteiger partial charge in [-0.2, -0.15) is 0 Å². The maximum atomic E-state index is 11.9. The van der Waals surface area contributed by atoms with Crippen LogP contribution < -0.4 is 15.4 Å². The Morgan fingerprint density at radius 3 is 2.61 bits per heavy atom. The van der Waals surface area contributed by atoms with Crippen LogP contribution in [-0.4, -0.2) is 25.0 Å². The molecule has 0 aliphatic heterocycles. The summed E-state index contributed by atoms with van der Waals surface area (Å²) in [6, 6.07) is 15.8. The van der Waals surface area contributed by atoms with Crippen molar-refractivity contribution in [2.45, 2.75) is 0 Å². The lowest BCUT2D eigenvalue weighted by molar-refractivity contribution is -0.115. The van der Waals surface area contributed by atoms with Crippen LogP contribution in [0.4, 0.5) is 5.69 Å². The molecule has 5 nitrogen and oxygen atoms in total. The predicted molar refractivity (Wildman–Crippen MR) is 89.5 cm³/mol. The standard InChI is InChI=1S/C18H18N2O3/c1-2-11-23-16-10-6-9-15(12-16)20-17(21)13-19-18(22)14-7-4-3-5-8-14/h2-10,12H,1,11,13H2,(H,19,22)(H,20,21). The summed E-state index contributed by atoms with van der Waals surface area (Å²) in [4.78, 5) is 23.7. The quantitative estimate of drug-likeness (QED) is 0.773. The van der Waals surface area contributed by atoms with Crippen molar-refractivity contribution in [1.29, 1.82) is 0 Å². The van der Waals surface area contributed by atoms with Gasteiger partial charge in [0.15, 0.2) is 0 Å². The van der Waals surface area contributed by atoms with Crippen molar-refractivity contribution < 1.29 is 14.3 Å². The molecule has 0 bridgehead atoms. The Labute approximate surface area is 135 Å². The van der Waals surface area contributed by atoms with Crippen LogP contribution in [0.25, 0.3) is 0 Å². The minimum atomic E-state index is -0.310. The van der Waals surface area contributed by atoms with E-state index in [1.54, 1.807) is 54.6 Å². The Kier molecular flexibility index (Phi) is 5.94. The number of ether oxygens (including phenoxy) is 1. The fourth-order valence-corrected chi connectivity index (χ4v) is 1.88. The Balaban J connectivity index is 1.85. The van der Waals surface area contributed by atoms with Gasteiger partial charge in [-0.1, -0.05) is 36.9 Å². The molecule has 0 spiro atoms. The average Bonchev–Trinajstić information content (AvgIpc) is 2.59. The van der Waals surface area contributed by atoms with E-state index in [9.17, 15) is 9.59 Å². The molecule has 0 radical (unpaired) electrons. The summed E-state index contributed by atoms with van der Waals surface area (Å²) >= 11 is 0. The van der Waals surface area contributed by atoms with Gasteiger partial charge in [-0.25, -0.2) is 0 Å². The second-order valence-electron chi connectivity index (χ2n) is 4.72. The highest BCUT2D eigenvalue weighted by molar-refractivity contribution is 5.99. The molecule has 5 heteroatoms. The summed E-state index contributed by atoms with van der Waals surface area (Å²) in [5.74, 6) is 0.0370. The lowest BCUT2D eigenvalue weighted by atomic mass is 10.2. The Morgan fingerprint density at radius 2 is 1.87 bits per heavy atom. The zero-order chi connectivity index (χ0) is 16.5. The third-order valence-electron chi connectivity index (χ3n) is 2.93. The van der Waals surface area contributed by atoms with Crippen LogP contribution in [0.3, 0.4) is 0 Å². The van der Waals surface area contributed by atoms with Gasteiger partial charge in [-0.3, -0.25) is 9.59 Å². The van der Waals surface area contributed by atoms with Crippen molar-refractivity contribution in [1.82, 2.24) is 5.32 Å². The summed E-state index contributed by atoms with van der Waals surface area (Å²) < 4.78 is 5.39. The highest BCUT2D eigenvalue weighted by Gasteiger charge is 2.08. The summed E-state index contributed by atoms with van der Waals surface area (Å²) in [5, 5.41) is 5.28. The summed E-state index contributed by atoms with van der Waals surface area (Å²) in [6.45, 7) is 3.87. The smallest absolute Gasteiger partial charge is 0.251 e. The number of anilines is 1. The normalized spacial score (nSPS) is 9.74. The maximum Gasteiger partial charge on any atom is 0.251 e. The zero-order valence-corrected chi connectivity index (χ0v) is 12.6.